The van der Waals surface area contributed by atoms with Crippen molar-refractivity contribution in [3.8, 4) is 0 Å². The van der Waals surface area contributed by atoms with Crippen LogP contribution in [-0.4, -0.2) is 15.7 Å². The minimum Gasteiger partial charge on any atom is -0.320 e. The lowest BCUT2D eigenvalue weighted by Gasteiger charge is -2.37. The second kappa shape index (κ2) is 3.80. The molecule has 1 aromatic rings. The van der Waals surface area contributed by atoms with Gasteiger partial charge in [-0.05, 0) is 25.8 Å². The Hall–Kier alpha value is -0.970. The molecule has 1 fully saturated rings. The molecule has 0 aromatic carbocycles. The Morgan fingerprint density at radius 3 is 2.56 bits per heavy atom. The van der Waals surface area contributed by atoms with E-state index in [9.17, 15) is 8.78 Å². The van der Waals surface area contributed by atoms with E-state index in [-0.39, 0.29) is 12.8 Å². The summed E-state index contributed by atoms with van der Waals surface area (Å²) in [4.78, 5) is 0. The largest absolute Gasteiger partial charge is 0.320 e. The van der Waals surface area contributed by atoms with Gasteiger partial charge in [0.2, 0.25) is 5.92 Å². The minimum absolute atomic E-state index is 0.127. The number of hydrogen-bond donors (Lipinski definition) is 1. The number of aryl methyl sites for hydroxylation is 1. The molecule has 0 atom stereocenters. The van der Waals surface area contributed by atoms with E-state index in [0.29, 0.717) is 12.8 Å². The molecule has 0 unspecified atom stereocenters. The van der Waals surface area contributed by atoms with Crippen LogP contribution in [0.5, 0.6) is 0 Å². The van der Waals surface area contributed by atoms with Crippen LogP contribution in [0.4, 0.5) is 8.78 Å². The van der Waals surface area contributed by atoms with Gasteiger partial charge in [-0.2, -0.15) is 5.10 Å². The second-order valence-corrected chi connectivity index (χ2v) is 4.54. The Balaban J connectivity index is 2.21. The number of nitrogens with two attached hydrogens (primary N) is 1. The van der Waals surface area contributed by atoms with Gasteiger partial charge in [0.25, 0.3) is 0 Å². The highest BCUT2D eigenvalue weighted by Gasteiger charge is 2.43. The quantitative estimate of drug-likeness (QED) is 0.845. The molecule has 0 amide bonds. The first-order chi connectivity index (χ1) is 7.47. The van der Waals surface area contributed by atoms with E-state index in [4.69, 9.17) is 5.73 Å². The first kappa shape index (κ1) is 11.5. The van der Waals surface area contributed by atoms with Gasteiger partial charge in [0, 0.05) is 25.6 Å². The molecule has 90 valence electrons. The van der Waals surface area contributed by atoms with Crippen molar-refractivity contribution in [3.05, 3.63) is 18.0 Å². The summed E-state index contributed by atoms with van der Waals surface area (Å²) in [6.07, 6.45) is 2.08. The monoisotopic (exact) mass is 229 g/mol. The Morgan fingerprint density at radius 2 is 2.00 bits per heavy atom. The van der Waals surface area contributed by atoms with Crippen molar-refractivity contribution >= 4 is 0 Å². The summed E-state index contributed by atoms with van der Waals surface area (Å²) in [6.45, 7) is 2.69. The molecule has 1 aromatic heterocycles. The maximum absolute atomic E-state index is 13.1. The van der Waals surface area contributed by atoms with Crippen LogP contribution in [0.3, 0.4) is 0 Å². The average molecular weight is 229 g/mol. The molecule has 0 radical (unpaired) electrons. The van der Waals surface area contributed by atoms with E-state index in [1.165, 1.54) is 0 Å². The van der Waals surface area contributed by atoms with Crippen molar-refractivity contribution in [1.82, 2.24) is 9.78 Å². The molecule has 0 spiro atoms. The van der Waals surface area contributed by atoms with Gasteiger partial charge in [0.15, 0.2) is 0 Å². The number of halogens is 2. The number of nitrogens with zero attached hydrogens (tertiary/aromatic N) is 2. The van der Waals surface area contributed by atoms with E-state index in [1.807, 2.05) is 13.0 Å². The highest BCUT2D eigenvalue weighted by Crippen LogP contribution is 2.41. The number of alkyl halides is 2. The van der Waals surface area contributed by atoms with E-state index in [1.54, 1.807) is 10.9 Å². The molecule has 1 saturated carbocycles. The van der Waals surface area contributed by atoms with E-state index in [0.717, 1.165) is 12.2 Å². The molecule has 1 aliphatic carbocycles. The van der Waals surface area contributed by atoms with Gasteiger partial charge in [-0.25, -0.2) is 8.78 Å². The molecule has 0 saturated heterocycles. The van der Waals surface area contributed by atoms with Crippen LogP contribution >= 0.6 is 0 Å². The molecular formula is C11H17F2N3. The van der Waals surface area contributed by atoms with Crippen LogP contribution in [0.25, 0.3) is 0 Å². The summed E-state index contributed by atoms with van der Waals surface area (Å²) in [7, 11) is 0. The lowest BCUT2D eigenvalue weighted by atomic mass is 9.78. The SMILES string of the molecule is CCn1nccc1C1(N)CCC(F)(F)CC1. The molecule has 3 nitrogen and oxygen atoms in total. The first-order valence-corrected chi connectivity index (χ1v) is 5.66. The molecule has 0 aliphatic heterocycles. The van der Waals surface area contributed by atoms with Crippen molar-refractivity contribution in [2.24, 2.45) is 5.73 Å². The summed E-state index contributed by atoms with van der Waals surface area (Å²) < 4.78 is 28.0. The number of rotatable bonds is 2. The fraction of sp³-hybridized carbons (Fsp3) is 0.727. The standard InChI is InChI=1S/C11H17F2N3/c1-2-16-9(3-8-15-16)10(14)4-6-11(12,13)7-5-10/h3,8H,2,4-7,14H2,1H3. The third kappa shape index (κ3) is 1.96. The maximum atomic E-state index is 13.1. The van der Waals surface area contributed by atoms with Gasteiger partial charge in [0.05, 0.1) is 11.2 Å². The Kier molecular flexibility index (Phi) is 2.74. The molecule has 2 rings (SSSR count). The molecular weight excluding hydrogens is 212 g/mol. The van der Waals surface area contributed by atoms with Crippen molar-refractivity contribution in [2.75, 3.05) is 0 Å². The normalized spacial score (nSPS) is 23.2. The van der Waals surface area contributed by atoms with Gasteiger partial charge < -0.3 is 5.73 Å². The topological polar surface area (TPSA) is 43.8 Å². The Labute approximate surface area is 93.6 Å². The smallest absolute Gasteiger partial charge is 0.248 e. The fourth-order valence-corrected chi connectivity index (χ4v) is 2.33. The van der Waals surface area contributed by atoms with Gasteiger partial charge >= 0.3 is 0 Å². The Morgan fingerprint density at radius 1 is 1.38 bits per heavy atom. The molecule has 2 N–H and O–H groups in total. The Bertz CT molecular complexity index is 363. The zero-order valence-corrected chi connectivity index (χ0v) is 9.42. The van der Waals surface area contributed by atoms with Crippen molar-refractivity contribution in [1.29, 1.82) is 0 Å². The molecule has 16 heavy (non-hydrogen) atoms. The maximum Gasteiger partial charge on any atom is 0.248 e. The van der Waals surface area contributed by atoms with E-state index >= 15 is 0 Å². The predicted molar refractivity (Wildman–Crippen MR) is 57.2 cm³/mol. The summed E-state index contributed by atoms with van der Waals surface area (Å²) in [5, 5.41) is 4.14. The highest BCUT2D eigenvalue weighted by atomic mass is 19.3. The molecule has 5 heteroatoms. The second-order valence-electron chi connectivity index (χ2n) is 4.54. The number of aromatic nitrogens is 2. The predicted octanol–water partition coefficient (Wildman–Crippen LogP) is 2.27. The third-order valence-corrected chi connectivity index (χ3v) is 3.40. The molecule has 1 heterocycles. The van der Waals surface area contributed by atoms with Crippen molar-refractivity contribution in [3.63, 3.8) is 0 Å². The summed E-state index contributed by atoms with van der Waals surface area (Å²) in [6, 6.07) is 1.84. The fourth-order valence-electron chi connectivity index (χ4n) is 2.33. The van der Waals surface area contributed by atoms with Crippen molar-refractivity contribution in [2.45, 2.75) is 50.6 Å². The van der Waals surface area contributed by atoms with Crippen LogP contribution in [-0.2, 0) is 12.1 Å². The van der Waals surface area contributed by atoms with Gasteiger partial charge in [-0.1, -0.05) is 0 Å². The van der Waals surface area contributed by atoms with Crippen LogP contribution < -0.4 is 5.73 Å². The van der Waals surface area contributed by atoms with Crippen LogP contribution in [0.2, 0.25) is 0 Å². The van der Waals surface area contributed by atoms with E-state index in [2.05, 4.69) is 5.10 Å². The summed E-state index contributed by atoms with van der Waals surface area (Å²) in [5.41, 5.74) is 6.48. The summed E-state index contributed by atoms with van der Waals surface area (Å²) >= 11 is 0. The first-order valence-electron chi connectivity index (χ1n) is 5.66. The summed E-state index contributed by atoms with van der Waals surface area (Å²) in [5.74, 6) is -2.54. The van der Waals surface area contributed by atoms with Crippen LogP contribution in [0.15, 0.2) is 12.3 Å². The van der Waals surface area contributed by atoms with Gasteiger partial charge in [-0.3, -0.25) is 4.68 Å². The van der Waals surface area contributed by atoms with Crippen molar-refractivity contribution < 1.29 is 8.78 Å². The molecule has 1 aliphatic rings. The lowest BCUT2D eigenvalue weighted by molar-refractivity contribution is -0.0524. The van der Waals surface area contributed by atoms with Gasteiger partial charge in [-0.15, -0.1) is 0 Å². The minimum atomic E-state index is -2.54. The van der Waals surface area contributed by atoms with Crippen LogP contribution in [0.1, 0.15) is 38.3 Å². The molecule has 0 bridgehead atoms. The van der Waals surface area contributed by atoms with Crippen LogP contribution in [0, 0.1) is 0 Å². The van der Waals surface area contributed by atoms with Gasteiger partial charge in [0.1, 0.15) is 0 Å². The highest BCUT2D eigenvalue weighted by molar-refractivity contribution is 5.16. The average Bonchev–Trinajstić information content (AvgIpc) is 2.71. The van der Waals surface area contributed by atoms with E-state index < -0.39 is 11.5 Å². The zero-order chi connectivity index (χ0) is 11.8. The third-order valence-electron chi connectivity index (χ3n) is 3.40. The number of hydrogen-bond acceptors (Lipinski definition) is 2. The zero-order valence-electron chi connectivity index (χ0n) is 9.42. The lowest BCUT2D eigenvalue weighted by Crippen LogP contribution is -2.45.